The van der Waals surface area contributed by atoms with Crippen molar-refractivity contribution in [2.75, 3.05) is 21.3 Å². The third-order valence-corrected chi connectivity index (χ3v) is 6.15. The Bertz CT molecular complexity index is 1300. The number of hydrogen-bond donors (Lipinski definition) is 0. The van der Waals surface area contributed by atoms with Crippen molar-refractivity contribution >= 4 is 34.3 Å². The molecule has 6 nitrogen and oxygen atoms in total. The monoisotopic (exact) mass is 468 g/mol. The topological polar surface area (TPSA) is 62.6 Å². The van der Waals surface area contributed by atoms with Crippen LogP contribution in [0.3, 0.4) is 0 Å². The Balaban J connectivity index is 1.80. The first-order valence-electron chi connectivity index (χ1n) is 9.75. The third-order valence-electron chi connectivity index (χ3n) is 4.91. The van der Waals surface area contributed by atoms with E-state index in [9.17, 15) is 4.79 Å². The van der Waals surface area contributed by atoms with Crippen molar-refractivity contribution in [3.63, 3.8) is 0 Å². The molecule has 0 radical (unpaired) electrons. The summed E-state index contributed by atoms with van der Waals surface area (Å²) in [6.45, 7) is 0. The molecule has 0 N–H and O–H groups in total. The van der Waals surface area contributed by atoms with Crippen LogP contribution in [0.15, 0.2) is 70.6 Å². The lowest BCUT2D eigenvalue weighted by atomic mass is 10.2. The molecular formula is C24H21ClN2O4S. The average molecular weight is 469 g/mol. The quantitative estimate of drug-likeness (QED) is 0.269. The van der Waals surface area contributed by atoms with Crippen LogP contribution in [0.2, 0.25) is 5.02 Å². The standard InChI is InChI=1S/C24H21ClN2O4S/c1-29-20-11-15(12-21(30-2)22(20)31-3)14-32-24-26-19-10-9-16(25)13-18(19)23(28)27(24)17-7-5-4-6-8-17/h4-13H,14H2,1-3H3. The van der Waals surface area contributed by atoms with Gasteiger partial charge in [-0.25, -0.2) is 4.98 Å². The van der Waals surface area contributed by atoms with Gasteiger partial charge < -0.3 is 14.2 Å². The van der Waals surface area contributed by atoms with E-state index >= 15 is 0 Å². The lowest BCUT2D eigenvalue weighted by Gasteiger charge is -2.15. The molecule has 0 atom stereocenters. The second kappa shape index (κ2) is 9.54. The fourth-order valence-electron chi connectivity index (χ4n) is 3.41. The van der Waals surface area contributed by atoms with E-state index in [4.69, 9.17) is 30.8 Å². The van der Waals surface area contributed by atoms with E-state index in [1.807, 2.05) is 42.5 Å². The Morgan fingerprint density at radius 1 is 0.938 bits per heavy atom. The third kappa shape index (κ3) is 4.26. The normalized spacial score (nSPS) is 10.9. The molecule has 164 valence electrons. The molecule has 4 rings (SSSR count). The molecule has 8 heteroatoms. The molecule has 0 aliphatic heterocycles. The maximum Gasteiger partial charge on any atom is 0.266 e. The Hall–Kier alpha value is -3.16. The van der Waals surface area contributed by atoms with Crippen LogP contribution in [-0.2, 0) is 5.75 Å². The van der Waals surface area contributed by atoms with Crippen LogP contribution in [0.25, 0.3) is 16.6 Å². The molecule has 0 aliphatic rings. The summed E-state index contributed by atoms with van der Waals surface area (Å²) in [7, 11) is 4.73. The highest BCUT2D eigenvalue weighted by molar-refractivity contribution is 7.98. The van der Waals surface area contributed by atoms with Crippen LogP contribution in [0.5, 0.6) is 17.2 Å². The SMILES string of the molecule is COc1cc(CSc2nc3ccc(Cl)cc3c(=O)n2-c2ccccc2)cc(OC)c1OC. The second-order valence-corrected chi connectivity index (χ2v) is 8.23. The van der Waals surface area contributed by atoms with Gasteiger partial charge in [0.2, 0.25) is 5.75 Å². The maximum atomic E-state index is 13.4. The first-order chi connectivity index (χ1) is 15.5. The largest absolute Gasteiger partial charge is 0.493 e. The Morgan fingerprint density at radius 2 is 1.62 bits per heavy atom. The van der Waals surface area contributed by atoms with Gasteiger partial charge in [0, 0.05) is 10.8 Å². The van der Waals surface area contributed by atoms with E-state index in [0.717, 1.165) is 11.3 Å². The van der Waals surface area contributed by atoms with Crippen molar-refractivity contribution in [3.05, 3.63) is 81.6 Å². The van der Waals surface area contributed by atoms with Crippen LogP contribution in [0, 0.1) is 0 Å². The smallest absolute Gasteiger partial charge is 0.266 e. The molecule has 0 bridgehead atoms. The zero-order valence-corrected chi connectivity index (χ0v) is 19.4. The van der Waals surface area contributed by atoms with Gasteiger partial charge in [0.05, 0.1) is 37.9 Å². The van der Waals surface area contributed by atoms with Gasteiger partial charge in [-0.05, 0) is 48.0 Å². The molecule has 4 aromatic rings. The average Bonchev–Trinajstić information content (AvgIpc) is 2.83. The van der Waals surface area contributed by atoms with Crippen LogP contribution in [0.1, 0.15) is 5.56 Å². The minimum atomic E-state index is -0.170. The summed E-state index contributed by atoms with van der Waals surface area (Å²) in [5.74, 6) is 2.22. The highest BCUT2D eigenvalue weighted by atomic mass is 35.5. The fourth-order valence-corrected chi connectivity index (χ4v) is 4.52. The zero-order chi connectivity index (χ0) is 22.7. The van der Waals surface area contributed by atoms with E-state index in [1.165, 1.54) is 11.8 Å². The van der Waals surface area contributed by atoms with Gasteiger partial charge in [-0.1, -0.05) is 41.6 Å². The summed E-state index contributed by atoms with van der Waals surface area (Å²) in [6.07, 6.45) is 0. The van der Waals surface area contributed by atoms with Crippen molar-refractivity contribution in [3.8, 4) is 22.9 Å². The van der Waals surface area contributed by atoms with Crippen molar-refractivity contribution in [1.82, 2.24) is 9.55 Å². The minimum absolute atomic E-state index is 0.170. The first-order valence-corrected chi connectivity index (χ1v) is 11.1. The van der Waals surface area contributed by atoms with Crippen LogP contribution < -0.4 is 19.8 Å². The molecule has 1 heterocycles. The Labute approximate surface area is 194 Å². The number of thioether (sulfide) groups is 1. The summed E-state index contributed by atoms with van der Waals surface area (Å²) in [5, 5.41) is 1.54. The highest BCUT2D eigenvalue weighted by Crippen LogP contribution is 2.39. The molecule has 0 aliphatic carbocycles. The lowest BCUT2D eigenvalue weighted by molar-refractivity contribution is 0.324. The van der Waals surface area contributed by atoms with Crippen LogP contribution in [0.4, 0.5) is 0 Å². The number of methoxy groups -OCH3 is 3. The van der Waals surface area contributed by atoms with E-state index < -0.39 is 0 Å². The molecule has 32 heavy (non-hydrogen) atoms. The van der Waals surface area contributed by atoms with E-state index in [1.54, 1.807) is 44.1 Å². The summed E-state index contributed by atoms with van der Waals surface area (Å²) >= 11 is 7.58. The number of benzene rings is 3. The predicted octanol–water partition coefficient (Wildman–Crippen LogP) is 5.36. The van der Waals surface area contributed by atoms with Crippen molar-refractivity contribution in [1.29, 1.82) is 0 Å². The van der Waals surface area contributed by atoms with Gasteiger partial charge in [0.15, 0.2) is 16.7 Å². The van der Waals surface area contributed by atoms with Gasteiger partial charge in [-0.2, -0.15) is 0 Å². The number of nitrogens with zero attached hydrogens (tertiary/aromatic N) is 2. The van der Waals surface area contributed by atoms with E-state index in [-0.39, 0.29) is 5.56 Å². The van der Waals surface area contributed by atoms with Crippen molar-refractivity contribution in [2.24, 2.45) is 0 Å². The molecule has 0 unspecified atom stereocenters. The number of halogens is 1. The molecule has 3 aromatic carbocycles. The van der Waals surface area contributed by atoms with Gasteiger partial charge in [0.1, 0.15) is 0 Å². The summed E-state index contributed by atoms with van der Waals surface area (Å²) in [4.78, 5) is 18.2. The van der Waals surface area contributed by atoms with Crippen molar-refractivity contribution in [2.45, 2.75) is 10.9 Å². The second-order valence-electron chi connectivity index (χ2n) is 6.85. The van der Waals surface area contributed by atoms with Gasteiger partial charge in [-0.15, -0.1) is 0 Å². The van der Waals surface area contributed by atoms with Crippen LogP contribution >= 0.6 is 23.4 Å². The number of fused-ring (bicyclic) bond motifs is 1. The molecule has 0 saturated heterocycles. The fraction of sp³-hybridized carbons (Fsp3) is 0.167. The summed E-state index contributed by atoms with van der Waals surface area (Å²) in [5.41, 5.74) is 2.10. The summed E-state index contributed by atoms with van der Waals surface area (Å²) < 4.78 is 17.9. The number of para-hydroxylation sites is 1. The number of aromatic nitrogens is 2. The Kier molecular flexibility index (Phi) is 6.58. The summed E-state index contributed by atoms with van der Waals surface area (Å²) in [6, 6.07) is 18.4. The van der Waals surface area contributed by atoms with Crippen LogP contribution in [-0.4, -0.2) is 30.9 Å². The molecule has 0 spiro atoms. The van der Waals surface area contributed by atoms with E-state index in [2.05, 4.69) is 0 Å². The Morgan fingerprint density at radius 3 is 2.25 bits per heavy atom. The first kappa shape index (κ1) is 22.0. The van der Waals surface area contributed by atoms with Crippen molar-refractivity contribution < 1.29 is 14.2 Å². The number of ether oxygens (including phenoxy) is 3. The molecule has 0 saturated carbocycles. The molecule has 0 amide bonds. The predicted molar refractivity (Wildman–Crippen MR) is 128 cm³/mol. The zero-order valence-electron chi connectivity index (χ0n) is 17.8. The van der Waals surface area contributed by atoms with Gasteiger partial charge in [0.25, 0.3) is 5.56 Å². The van der Waals surface area contributed by atoms with E-state index in [0.29, 0.717) is 44.1 Å². The number of rotatable bonds is 7. The highest BCUT2D eigenvalue weighted by Gasteiger charge is 2.16. The molecular weight excluding hydrogens is 448 g/mol. The molecule has 0 fully saturated rings. The molecule has 1 aromatic heterocycles. The van der Waals surface area contributed by atoms with Gasteiger partial charge in [-0.3, -0.25) is 9.36 Å². The maximum absolute atomic E-state index is 13.4. The lowest BCUT2D eigenvalue weighted by Crippen LogP contribution is -2.21. The van der Waals surface area contributed by atoms with Gasteiger partial charge >= 0.3 is 0 Å². The minimum Gasteiger partial charge on any atom is -0.493 e. The number of hydrogen-bond acceptors (Lipinski definition) is 6.